The number of piperidine rings is 1. The van der Waals surface area contributed by atoms with Crippen molar-refractivity contribution in [1.82, 2.24) is 9.88 Å². The molecule has 5 nitrogen and oxygen atoms in total. The zero-order chi connectivity index (χ0) is 17.9. The summed E-state index contributed by atoms with van der Waals surface area (Å²) in [6.45, 7) is 3.84. The molecule has 4 rings (SSSR count). The lowest BCUT2D eigenvalue weighted by atomic mass is 9.93. The predicted octanol–water partition coefficient (Wildman–Crippen LogP) is 3.49. The Morgan fingerprint density at radius 1 is 1.23 bits per heavy atom. The molecule has 0 bridgehead atoms. The lowest BCUT2D eigenvalue weighted by Crippen LogP contribution is -2.40. The monoisotopic (exact) mass is 391 g/mol. The van der Waals surface area contributed by atoms with Crippen molar-refractivity contribution in [2.24, 2.45) is 5.92 Å². The second-order valence-electron chi connectivity index (χ2n) is 6.96. The summed E-state index contributed by atoms with van der Waals surface area (Å²) in [7, 11) is 1.69. The Bertz CT molecular complexity index is 765. The van der Waals surface area contributed by atoms with Crippen LogP contribution in [0.2, 0.25) is 0 Å². The summed E-state index contributed by atoms with van der Waals surface area (Å²) in [6, 6.07) is 6.04. The Kier molecular flexibility index (Phi) is 5.55. The maximum absolute atomic E-state index is 12.5. The number of fused-ring (bicyclic) bond motifs is 1. The Hall–Kier alpha value is -1.47. The molecule has 140 valence electrons. The van der Waals surface area contributed by atoms with E-state index in [2.05, 4.69) is 15.9 Å². The summed E-state index contributed by atoms with van der Waals surface area (Å²) in [5.74, 6) is 3.93. The highest BCUT2D eigenvalue weighted by atomic mass is 32.2. The van der Waals surface area contributed by atoms with Gasteiger partial charge in [-0.3, -0.25) is 4.79 Å². The number of anilines is 1. The first-order valence-electron chi connectivity index (χ1n) is 9.28. The normalized spacial score (nSPS) is 19.1. The number of aromatic nitrogens is 1. The highest BCUT2D eigenvalue weighted by Crippen LogP contribution is 2.34. The number of amides is 1. The maximum atomic E-state index is 12.5. The van der Waals surface area contributed by atoms with E-state index < -0.39 is 0 Å². The third kappa shape index (κ3) is 3.93. The number of hydrogen-bond donors (Lipinski definition) is 0. The van der Waals surface area contributed by atoms with Crippen molar-refractivity contribution in [2.45, 2.75) is 19.3 Å². The molecule has 0 saturated carbocycles. The summed E-state index contributed by atoms with van der Waals surface area (Å²) in [6.07, 6.45) is 2.87. The molecule has 0 atom stereocenters. The van der Waals surface area contributed by atoms with Crippen molar-refractivity contribution in [3.8, 4) is 5.75 Å². The van der Waals surface area contributed by atoms with E-state index in [4.69, 9.17) is 9.72 Å². The van der Waals surface area contributed by atoms with Crippen LogP contribution in [-0.4, -0.2) is 60.6 Å². The molecule has 7 heteroatoms. The molecular formula is C19H25N3O2S2. The van der Waals surface area contributed by atoms with E-state index in [0.29, 0.717) is 11.8 Å². The number of benzene rings is 1. The number of thioether (sulfide) groups is 1. The number of hydrogen-bond acceptors (Lipinski definition) is 6. The minimum atomic E-state index is 0.357. The average molecular weight is 392 g/mol. The van der Waals surface area contributed by atoms with Gasteiger partial charge in [-0.05, 0) is 37.0 Å². The Morgan fingerprint density at radius 3 is 2.73 bits per heavy atom. The predicted molar refractivity (Wildman–Crippen MR) is 110 cm³/mol. The van der Waals surface area contributed by atoms with Crippen molar-refractivity contribution in [3.05, 3.63) is 18.2 Å². The fourth-order valence-electron chi connectivity index (χ4n) is 3.67. The number of rotatable bonds is 4. The Labute approximate surface area is 162 Å². The lowest BCUT2D eigenvalue weighted by Gasteiger charge is -2.33. The molecule has 0 N–H and O–H groups in total. The van der Waals surface area contributed by atoms with Gasteiger partial charge in [-0.25, -0.2) is 4.98 Å². The molecule has 0 radical (unpaired) electrons. The molecule has 1 amide bonds. The van der Waals surface area contributed by atoms with E-state index >= 15 is 0 Å². The fraction of sp³-hybridized carbons (Fsp3) is 0.579. The minimum absolute atomic E-state index is 0.357. The molecule has 2 fully saturated rings. The Morgan fingerprint density at radius 2 is 2.00 bits per heavy atom. The zero-order valence-electron chi connectivity index (χ0n) is 15.1. The first-order chi connectivity index (χ1) is 12.7. The van der Waals surface area contributed by atoms with Gasteiger partial charge < -0.3 is 14.5 Å². The van der Waals surface area contributed by atoms with Crippen LogP contribution in [0.15, 0.2) is 18.2 Å². The summed E-state index contributed by atoms with van der Waals surface area (Å²) in [4.78, 5) is 21.7. The largest absolute Gasteiger partial charge is 0.497 e. The molecular weight excluding hydrogens is 366 g/mol. The summed E-state index contributed by atoms with van der Waals surface area (Å²) >= 11 is 3.68. The molecule has 2 aliphatic heterocycles. The van der Waals surface area contributed by atoms with Crippen LogP contribution >= 0.6 is 23.1 Å². The molecule has 0 spiro atoms. The van der Waals surface area contributed by atoms with Gasteiger partial charge in [-0.1, -0.05) is 11.3 Å². The molecule has 2 aromatic rings. The first-order valence-corrected chi connectivity index (χ1v) is 11.2. The van der Waals surface area contributed by atoms with Crippen molar-refractivity contribution >= 4 is 44.4 Å². The van der Waals surface area contributed by atoms with Crippen LogP contribution in [0.5, 0.6) is 5.75 Å². The Balaban J connectivity index is 1.33. The zero-order valence-corrected chi connectivity index (χ0v) is 16.8. The lowest BCUT2D eigenvalue weighted by molar-refractivity contribution is -0.132. The van der Waals surface area contributed by atoms with Gasteiger partial charge in [-0.15, -0.1) is 0 Å². The van der Waals surface area contributed by atoms with Gasteiger partial charge in [0.1, 0.15) is 5.75 Å². The van der Waals surface area contributed by atoms with Crippen LogP contribution in [0.1, 0.15) is 19.3 Å². The van der Waals surface area contributed by atoms with Gasteiger partial charge in [0.05, 0.1) is 17.3 Å². The van der Waals surface area contributed by atoms with Crippen LogP contribution in [-0.2, 0) is 4.79 Å². The van der Waals surface area contributed by atoms with Crippen molar-refractivity contribution < 1.29 is 9.53 Å². The summed E-state index contributed by atoms with van der Waals surface area (Å²) in [5.41, 5.74) is 1.03. The standard InChI is InChI=1S/C19H25N3O2S2/c1-24-15-2-3-16-17(13-15)26-19(20-16)22-6-4-14(5-7-22)12-18(23)21-8-10-25-11-9-21/h2-3,13-14H,4-12H2,1H3. The van der Waals surface area contributed by atoms with Crippen LogP contribution in [0.25, 0.3) is 10.2 Å². The topological polar surface area (TPSA) is 45.7 Å². The van der Waals surface area contributed by atoms with E-state index in [-0.39, 0.29) is 0 Å². The van der Waals surface area contributed by atoms with Crippen LogP contribution in [0, 0.1) is 5.92 Å². The van der Waals surface area contributed by atoms with Crippen molar-refractivity contribution in [1.29, 1.82) is 0 Å². The first kappa shape index (κ1) is 17.9. The van der Waals surface area contributed by atoms with Gasteiger partial charge in [-0.2, -0.15) is 11.8 Å². The smallest absolute Gasteiger partial charge is 0.222 e. The third-order valence-corrected chi connectivity index (χ3v) is 7.32. The molecule has 1 aromatic heterocycles. The van der Waals surface area contributed by atoms with Crippen LogP contribution in [0.4, 0.5) is 5.13 Å². The van der Waals surface area contributed by atoms with E-state index in [1.807, 2.05) is 23.9 Å². The van der Waals surface area contributed by atoms with Gasteiger partial charge >= 0.3 is 0 Å². The number of thiazole rings is 1. The van der Waals surface area contributed by atoms with Crippen molar-refractivity contribution in [2.75, 3.05) is 49.7 Å². The van der Waals surface area contributed by atoms with Gasteiger partial charge in [0.15, 0.2) is 5.13 Å². The van der Waals surface area contributed by atoms with Crippen LogP contribution in [0.3, 0.4) is 0 Å². The number of carbonyl (C=O) groups is 1. The highest BCUT2D eigenvalue weighted by molar-refractivity contribution is 7.99. The molecule has 3 heterocycles. The van der Waals surface area contributed by atoms with Gasteiger partial charge in [0, 0.05) is 44.1 Å². The average Bonchev–Trinajstić information content (AvgIpc) is 3.12. The van der Waals surface area contributed by atoms with E-state index in [0.717, 1.165) is 73.3 Å². The van der Waals surface area contributed by atoms with E-state index in [9.17, 15) is 4.79 Å². The summed E-state index contributed by atoms with van der Waals surface area (Å²) in [5, 5.41) is 1.09. The third-order valence-electron chi connectivity index (χ3n) is 5.30. The number of carbonyl (C=O) groups excluding carboxylic acids is 1. The molecule has 2 aliphatic rings. The number of ether oxygens (including phenoxy) is 1. The molecule has 2 saturated heterocycles. The van der Waals surface area contributed by atoms with Gasteiger partial charge in [0.25, 0.3) is 0 Å². The maximum Gasteiger partial charge on any atom is 0.222 e. The highest BCUT2D eigenvalue weighted by Gasteiger charge is 2.26. The van der Waals surface area contributed by atoms with Crippen molar-refractivity contribution in [3.63, 3.8) is 0 Å². The molecule has 1 aromatic carbocycles. The quantitative estimate of drug-likeness (QED) is 0.798. The number of nitrogens with zero attached hydrogens (tertiary/aromatic N) is 3. The second-order valence-corrected chi connectivity index (χ2v) is 9.19. The number of methoxy groups -OCH3 is 1. The second kappa shape index (κ2) is 8.05. The fourth-order valence-corrected chi connectivity index (χ4v) is 5.62. The van der Waals surface area contributed by atoms with E-state index in [1.54, 1.807) is 18.4 Å². The molecule has 0 unspecified atom stereocenters. The summed E-state index contributed by atoms with van der Waals surface area (Å²) < 4.78 is 6.47. The van der Waals surface area contributed by atoms with Gasteiger partial charge in [0.2, 0.25) is 5.91 Å². The molecule has 26 heavy (non-hydrogen) atoms. The van der Waals surface area contributed by atoms with E-state index in [1.165, 1.54) is 4.70 Å². The molecule has 0 aliphatic carbocycles. The van der Waals surface area contributed by atoms with Crippen LogP contribution < -0.4 is 9.64 Å². The SMILES string of the molecule is COc1ccc2nc(N3CCC(CC(=O)N4CCSCC4)CC3)sc2c1. The minimum Gasteiger partial charge on any atom is -0.497 e.